The van der Waals surface area contributed by atoms with Crippen molar-refractivity contribution in [3.8, 4) is 0 Å². The van der Waals surface area contributed by atoms with E-state index >= 15 is 0 Å². The summed E-state index contributed by atoms with van der Waals surface area (Å²) in [6.07, 6.45) is 2.09. The van der Waals surface area contributed by atoms with Crippen LogP contribution in [0.1, 0.15) is 6.42 Å². The van der Waals surface area contributed by atoms with Crippen molar-refractivity contribution in [2.24, 2.45) is 5.92 Å². The first-order valence-corrected chi connectivity index (χ1v) is 3.85. The highest BCUT2D eigenvalue weighted by molar-refractivity contribution is 5.91. The van der Waals surface area contributed by atoms with E-state index in [1.165, 1.54) is 6.08 Å². The topological polar surface area (TPSA) is 66.4 Å². The van der Waals surface area contributed by atoms with E-state index in [-0.39, 0.29) is 18.2 Å². The van der Waals surface area contributed by atoms with Crippen LogP contribution in [0, 0.1) is 5.92 Å². The van der Waals surface area contributed by atoms with Crippen LogP contribution in [0.25, 0.3) is 0 Å². The molecule has 13 heavy (non-hydrogen) atoms. The van der Waals surface area contributed by atoms with Gasteiger partial charge in [0.1, 0.15) is 0 Å². The van der Waals surface area contributed by atoms with Gasteiger partial charge in [-0.05, 0) is 12.5 Å². The number of carbonyl (C=O) groups excluding carboxylic acids is 1. The maximum atomic E-state index is 11.1. The lowest BCUT2D eigenvalue weighted by molar-refractivity contribution is -0.117. The molecule has 0 aliphatic carbocycles. The van der Waals surface area contributed by atoms with E-state index in [0.29, 0.717) is 6.42 Å². The van der Waals surface area contributed by atoms with Gasteiger partial charge in [0.05, 0.1) is 0 Å². The Balaban J connectivity index is 4.08. The van der Waals surface area contributed by atoms with E-state index in [9.17, 15) is 9.59 Å². The molecule has 0 saturated carbocycles. The number of carbonyl (C=O) groups is 2. The van der Waals surface area contributed by atoms with Gasteiger partial charge in [0.25, 0.3) is 0 Å². The van der Waals surface area contributed by atoms with Gasteiger partial charge >= 0.3 is 6.09 Å². The molecule has 0 aromatic carbocycles. The van der Waals surface area contributed by atoms with E-state index in [4.69, 9.17) is 5.11 Å². The molecule has 0 heterocycles. The van der Waals surface area contributed by atoms with Gasteiger partial charge in [-0.15, -0.1) is 6.58 Å². The predicted octanol–water partition coefficient (Wildman–Crippen LogP) is 1.20. The molecule has 1 unspecified atom stereocenters. The lowest BCUT2D eigenvalue weighted by Gasteiger charge is -2.10. The van der Waals surface area contributed by atoms with E-state index in [0.717, 1.165) is 0 Å². The number of carboxylic acid groups (broad SMARTS) is 1. The Morgan fingerprint density at radius 2 is 2.08 bits per heavy atom. The van der Waals surface area contributed by atoms with Crippen molar-refractivity contribution in [1.29, 1.82) is 0 Å². The molecule has 4 nitrogen and oxygen atoms in total. The zero-order chi connectivity index (χ0) is 10.3. The molecule has 0 rings (SSSR count). The summed E-state index contributed by atoms with van der Waals surface area (Å²) in [6.45, 7) is 6.92. The van der Waals surface area contributed by atoms with Gasteiger partial charge in [-0.1, -0.05) is 12.7 Å². The number of ketones is 1. The lowest BCUT2D eigenvalue weighted by atomic mass is 10.0. The molecule has 0 saturated heterocycles. The molecule has 0 radical (unpaired) electrons. The van der Waals surface area contributed by atoms with Crippen LogP contribution in [0.2, 0.25) is 0 Å². The highest BCUT2D eigenvalue weighted by Crippen LogP contribution is 2.04. The lowest BCUT2D eigenvalue weighted by Crippen LogP contribution is -2.30. The van der Waals surface area contributed by atoms with Crippen molar-refractivity contribution in [2.75, 3.05) is 6.54 Å². The standard InChI is InChI=1S/C9H13NO3/c1-3-5-7(8(11)4-2)6-10-9(12)13/h3-4,7,10H,1-2,5-6H2,(H,12,13). The third-order valence-electron chi connectivity index (χ3n) is 1.55. The van der Waals surface area contributed by atoms with Crippen molar-refractivity contribution >= 4 is 11.9 Å². The van der Waals surface area contributed by atoms with Crippen LogP contribution in [0.15, 0.2) is 25.3 Å². The molecule has 72 valence electrons. The Labute approximate surface area is 76.9 Å². The fraction of sp³-hybridized carbons (Fsp3) is 0.333. The predicted molar refractivity (Wildman–Crippen MR) is 49.5 cm³/mol. The van der Waals surface area contributed by atoms with E-state index < -0.39 is 6.09 Å². The number of rotatable bonds is 6. The summed E-state index contributed by atoms with van der Waals surface area (Å²) in [5.41, 5.74) is 0. The number of hydrogen-bond acceptors (Lipinski definition) is 2. The fourth-order valence-electron chi connectivity index (χ4n) is 0.878. The summed E-state index contributed by atoms with van der Waals surface area (Å²) >= 11 is 0. The molecular weight excluding hydrogens is 170 g/mol. The summed E-state index contributed by atoms with van der Waals surface area (Å²) in [7, 11) is 0. The second-order valence-electron chi connectivity index (χ2n) is 2.51. The number of nitrogens with one attached hydrogen (secondary N) is 1. The summed E-state index contributed by atoms with van der Waals surface area (Å²) in [4.78, 5) is 21.3. The van der Waals surface area contributed by atoms with Crippen LogP contribution in [0.5, 0.6) is 0 Å². The van der Waals surface area contributed by atoms with Crippen LogP contribution in [0.3, 0.4) is 0 Å². The molecule has 0 aliphatic heterocycles. The second-order valence-corrected chi connectivity index (χ2v) is 2.51. The van der Waals surface area contributed by atoms with Crippen molar-refractivity contribution < 1.29 is 14.7 Å². The molecule has 0 bridgehead atoms. The summed E-state index contributed by atoms with van der Waals surface area (Å²) < 4.78 is 0. The second kappa shape index (κ2) is 5.99. The Hall–Kier alpha value is -1.58. The maximum absolute atomic E-state index is 11.1. The van der Waals surface area contributed by atoms with Crippen LogP contribution in [-0.4, -0.2) is 23.5 Å². The summed E-state index contributed by atoms with van der Waals surface area (Å²) in [6, 6.07) is 0. The van der Waals surface area contributed by atoms with Gasteiger partial charge < -0.3 is 10.4 Å². The average molecular weight is 183 g/mol. The van der Waals surface area contributed by atoms with Crippen molar-refractivity contribution in [3.63, 3.8) is 0 Å². The molecule has 4 heteroatoms. The van der Waals surface area contributed by atoms with Gasteiger partial charge in [0, 0.05) is 12.5 Å². The molecule has 0 fully saturated rings. The number of hydrogen-bond donors (Lipinski definition) is 2. The zero-order valence-corrected chi connectivity index (χ0v) is 7.32. The maximum Gasteiger partial charge on any atom is 0.404 e. The van der Waals surface area contributed by atoms with Gasteiger partial charge in [0.15, 0.2) is 5.78 Å². The molecule has 2 N–H and O–H groups in total. The average Bonchev–Trinajstić information content (AvgIpc) is 2.10. The molecule has 0 aromatic rings. The number of allylic oxidation sites excluding steroid dienone is 2. The minimum Gasteiger partial charge on any atom is -0.465 e. The normalized spacial score (nSPS) is 11.4. The monoisotopic (exact) mass is 183 g/mol. The SMILES string of the molecule is C=CCC(CNC(=O)O)C(=O)C=C. The van der Waals surface area contributed by atoms with Crippen molar-refractivity contribution in [1.82, 2.24) is 5.32 Å². The van der Waals surface area contributed by atoms with Crippen LogP contribution >= 0.6 is 0 Å². The Kier molecular flexibility index (Phi) is 5.27. The Morgan fingerprint density at radius 1 is 1.46 bits per heavy atom. The Morgan fingerprint density at radius 3 is 2.46 bits per heavy atom. The first-order chi connectivity index (χ1) is 6.11. The first-order valence-electron chi connectivity index (χ1n) is 3.85. The fourth-order valence-corrected chi connectivity index (χ4v) is 0.878. The van der Waals surface area contributed by atoms with Gasteiger partial charge in [0.2, 0.25) is 0 Å². The van der Waals surface area contributed by atoms with Crippen LogP contribution in [0.4, 0.5) is 4.79 Å². The molecule has 1 atom stereocenters. The zero-order valence-electron chi connectivity index (χ0n) is 7.32. The van der Waals surface area contributed by atoms with Gasteiger partial charge in [-0.3, -0.25) is 4.79 Å². The quantitative estimate of drug-likeness (QED) is 0.480. The van der Waals surface area contributed by atoms with Crippen molar-refractivity contribution in [2.45, 2.75) is 6.42 Å². The molecule has 0 spiro atoms. The first kappa shape index (κ1) is 11.4. The highest BCUT2D eigenvalue weighted by atomic mass is 16.4. The highest BCUT2D eigenvalue weighted by Gasteiger charge is 2.14. The van der Waals surface area contributed by atoms with Crippen molar-refractivity contribution in [3.05, 3.63) is 25.3 Å². The smallest absolute Gasteiger partial charge is 0.404 e. The summed E-state index contributed by atoms with van der Waals surface area (Å²) in [5, 5.41) is 10.5. The van der Waals surface area contributed by atoms with Crippen LogP contribution < -0.4 is 5.32 Å². The van der Waals surface area contributed by atoms with E-state index in [2.05, 4.69) is 18.5 Å². The largest absolute Gasteiger partial charge is 0.465 e. The van der Waals surface area contributed by atoms with Crippen LogP contribution in [-0.2, 0) is 4.79 Å². The molecule has 0 aromatic heterocycles. The van der Waals surface area contributed by atoms with E-state index in [1.54, 1.807) is 6.08 Å². The third kappa shape index (κ3) is 4.79. The Bertz CT molecular complexity index is 223. The van der Waals surface area contributed by atoms with E-state index in [1.807, 2.05) is 0 Å². The molecule has 0 aliphatic rings. The molecular formula is C9H13NO3. The van der Waals surface area contributed by atoms with Gasteiger partial charge in [-0.25, -0.2) is 4.79 Å². The minimum atomic E-state index is -1.13. The number of amides is 1. The molecule has 1 amide bonds. The minimum absolute atomic E-state index is 0.103. The third-order valence-corrected chi connectivity index (χ3v) is 1.55. The van der Waals surface area contributed by atoms with Gasteiger partial charge in [-0.2, -0.15) is 0 Å². The summed E-state index contributed by atoms with van der Waals surface area (Å²) in [5.74, 6) is -0.556.